The van der Waals surface area contributed by atoms with Crippen molar-refractivity contribution in [2.24, 2.45) is 0 Å². The van der Waals surface area contributed by atoms with Crippen molar-refractivity contribution in [3.8, 4) is 17.0 Å². The Hall–Kier alpha value is -1.61. The van der Waals surface area contributed by atoms with Crippen LogP contribution in [0.5, 0.6) is 5.75 Å². The van der Waals surface area contributed by atoms with Crippen molar-refractivity contribution in [1.82, 2.24) is 9.97 Å². The van der Waals surface area contributed by atoms with E-state index in [9.17, 15) is 0 Å². The zero-order chi connectivity index (χ0) is 11.5. The number of rotatable bonds is 2. The number of methoxy groups -OCH3 is 1. The van der Waals surface area contributed by atoms with Gasteiger partial charge in [0.1, 0.15) is 16.7 Å². The minimum Gasteiger partial charge on any atom is -0.496 e. The smallest absolute Gasteiger partial charge is 0.133 e. The average Bonchev–Trinajstić information content (AvgIpc) is 2.27. The average molecular weight is 235 g/mol. The van der Waals surface area contributed by atoms with Gasteiger partial charge in [-0.2, -0.15) is 0 Å². The highest BCUT2D eigenvalue weighted by Crippen LogP contribution is 2.28. The molecular weight excluding hydrogens is 224 g/mol. The molecule has 2 aromatic rings. The number of nitrogens with zero attached hydrogens (tertiary/aromatic N) is 2. The van der Waals surface area contributed by atoms with E-state index in [4.69, 9.17) is 16.3 Å². The Kier molecular flexibility index (Phi) is 3.06. The molecule has 4 heteroatoms. The van der Waals surface area contributed by atoms with Crippen molar-refractivity contribution in [3.63, 3.8) is 0 Å². The molecule has 0 saturated heterocycles. The normalized spacial score (nSPS) is 10.2. The van der Waals surface area contributed by atoms with Gasteiger partial charge in [0.05, 0.1) is 12.8 Å². The molecule has 0 bridgehead atoms. The fraction of sp³-hybridized carbons (Fsp3) is 0.167. The molecule has 0 unspecified atom stereocenters. The topological polar surface area (TPSA) is 35.0 Å². The highest BCUT2D eigenvalue weighted by Gasteiger charge is 2.07. The van der Waals surface area contributed by atoms with Crippen LogP contribution in [0, 0.1) is 6.92 Å². The second-order valence-electron chi connectivity index (χ2n) is 3.32. The van der Waals surface area contributed by atoms with Crippen molar-refractivity contribution in [3.05, 3.63) is 41.3 Å². The summed E-state index contributed by atoms with van der Waals surface area (Å²) in [5.74, 6) is 1.42. The van der Waals surface area contributed by atoms with E-state index in [1.807, 2.05) is 31.2 Å². The van der Waals surface area contributed by atoms with E-state index in [-0.39, 0.29) is 0 Å². The van der Waals surface area contributed by atoms with E-state index >= 15 is 0 Å². The number of benzene rings is 1. The van der Waals surface area contributed by atoms with Gasteiger partial charge in [-0.25, -0.2) is 9.97 Å². The maximum Gasteiger partial charge on any atom is 0.133 e. The van der Waals surface area contributed by atoms with Gasteiger partial charge in [0.15, 0.2) is 0 Å². The van der Waals surface area contributed by atoms with Gasteiger partial charge in [-0.3, -0.25) is 0 Å². The largest absolute Gasteiger partial charge is 0.496 e. The summed E-state index contributed by atoms with van der Waals surface area (Å²) in [7, 11) is 1.63. The van der Waals surface area contributed by atoms with E-state index < -0.39 is 0 Å². The second kappa shape index (κ2) is 4.49. The molecule has 3 nitrogen and oxygen atoms in total. The molecule has 0 N–H and O–H groups in total. The van der Waals surface area contributed by atoms with Gasteiger partial charge in [0, 0.05) is 11.6 Å². The summed E-state index contributed by atoms with van der Waals surface area (Å²) in [5, 5.41) is 0.438. The lowest BCUT2D eigenvalue weighted by molar-refractivity contribution is 0.416. The first-order valence-electron chi connectivity index (χ1n) is 4.85. The van der Waals surface area contributed by atoms with Crippen LogP contribution in [0.1, 0.15) is 5.82 Å². The van der Waals surface area contributed by atoms with E-state index in [1.165, 1.54) is 0 Å². The zero-order valence-electron chi connectivity index (χ0n) is 9.07. The van der Waals surface area contributed by atoms with E-state index in [0.29, 0.717) is 11.0 Å². The Balaban J connectivity index is 2.58. The molecule has 0 aliphatic rings. The number of hydrogen-bond donors (Lipinski definition) is 0. The van der Waals surface area contributed by atoms with Crippen LogP contribution in [0.2, 0.25) is 5.15 Å². The van der Waals surface area contributed by atoms with Crippen LogP contribution in [-0.2, 0) is 0 Å². The molecule has 0 saturated carbocycles. The molecular formula is C12H11ClN2O. The Morgan fingerprint density at radius 1 is 1.19 bits per heavy atom. The van der Waals surface area contributed by atoms with E-state index in [1.54, 1.807) is 13.2 Å². The summed E-state index contributed by atoms with van der Waals surface area (Å²) in [6, 6.07) is 9.41. The zero-order valence-corrected chi connectivity index (χ0v) is 9.82. The molecule has 1 heterocycles. The molecule has 0 amide bonds. The maximum atomic E-state index is 5.90. The second-order valence-corrected chi connectivity index (χ2v) is 3.71. The summed E-state index contributed by atoms with van der Waals surface area (Å²) >= 11 is 5.90. The first kappa shape index (κ1) is 10.9. The highest BCUT2D eigenvalue weighted by molar-refractivity contribution is 6.29. The molecule has 0 radical (unpaired) electrons. The number of aryl methyl sites for hydroxylation is 1. The van der Waals surface area contributed by atoms with Crippen LogP contribution >= 0.6 is 11.6 Å². The minimum absolute atomic E-state index is 0.438. The molecule has 0 fully saturated rings. The van der Waals surface area contributed by atoms with Gasteiger partial charge < -0.3 is 4.74 Å². The number of ether oxygens (including phenoxy) is 1. The van der Waals surface area contributed by atoms with Gasteiger partial charge in [-0.05, 0) is 19.1 Å². The molecule has 1 aromatic carbocycles. The lowest BCUT2D eigenvalue weighted by Crippen LogP contribution is -1.94. The standard InChI is InChI=1S/C12H11ClN2O/c1-8-14-10(7-12(13)15-8)9-5-3-4-6-11(9)16-2/h3-7H,1-2H3. The highest BCUT2D eigenvalue weighted by atomic mass is 35.5. The Bertz CT molecular complexity index is 494. The van der Waals surface area contributed by atoms with Gasteiger partial charge in [0.2, 0.25) is 0 Å². The Morgan fingerprint density at radius 2 is 1.94 bits per heavy atom. The molecule has 0 spiro atoms. The van der Waals surface area contributed by atoms with Crippen LogP contribution < -0.4 is 4.74 Å². The molecule has 82 valence electrons. The summed E-state index contributed by atoms with van der Waals surface area (Å²) in [6.07, 6.45) is 0. The van der Waals surface area contributed by atoms with Gasteiger partial charge >= 0.3 is 0 Å². The predicted octanol–water partition coefficient (Wildman–Crippen LogP) is 3.11. The van der Waals surface area contributed by atoms with Gasteiger partial charge in [-0.15, -0.1) is 0 Å². The number of hydrogen-bond acceptors (Lipinski definition) is 3. The van der Waals surface area contributed by atoms with Crippen molar-refractivity contribution in [2.45, 2.75) is 6.92 Å². The molecule has 1 aromatic heterocycles. The molecule has 0 atom stereocenters. The van der Waals surface area contributed by atoms with Crippen molar-refractivity contribution < 1.29 is 4.74 Å². The van der Waals surface area contributed by atoms with Crippen LogP contribution in [0.25, 0.3) is 11.3 Å². The third kappa shape index (κ3) is 2.14. The molecule has 16 heavy (non-hydrogen) atoms. The SMILES string of the molecule is COc1ccccc1-c1cc(Cl)nc(C)n1. The Morgan fingerprint density at radius 3 is 2.62 bits per heavy atom. The fourth-order valence-electron chi connectivity index (χ4n) is 1.53. The van der Waals surface area contributed by atoms with E-state index in [2.05, 4.69) is 9.97 Å². The lowest BCUT2D eigenvalue weighted by Gasteiger charge is -2.08. The number of halogens is 1. The summed E-state index contributed by atoms with van der Waals surface area (Å²) in [6.45, 7) is 1.81. The first-order valence-corrected chi connectivity index (χ1v) is 5.23. The van der Waals surface area contributed by atoms with Crippen molar-refractivity contribution >= 4 is 11.6 Å². The van der Waals surface area contributed by atoms with E-state index in [0.717, 1.165) is 17.0 Å². The quantitative estimate of drug-likeness (QED) is 0.749. The van der Waals surface area contributed by atoms with Crippen LogP contribution in [0.3, 0.4) is 0 Å². The Labute approximate surface area is 99.1 Å². The van der Waals surface area contributed by atoms with Gasteiger partial charge in [0.25, 0.3) is 0 Å². The number of aromatic nitrogens is 2. The third-order valence-electron chi connectivity index (χ3n) is 2.19. The van der Waals surface area contributed by atoms with Crippen molar-refractivity contribution in [1.29, 1.82) is 0 Å². The lowest BCUT2D eigenvalue weighted by atomic mass is 10.1. The summed E-state index contributed by atoms with van der Waals surface area (Å²) in [4.78, 5) is 8.37. The van der Waals surface area contributed by atoms with Crippen LogP contribution in [-0.4, -0.2) is 17.1 Å². The van der Waals surface area contributed by atoms with Crippen LogP contribution in [0.4, 0.5) is 0 Å². The van der Waals surface area contributed by atoms with Crippen LogP contribution in [0.15, 0.2) is 30.3 Å². The fourth-order valence-corrected chi connectivity index (χ4v) is 1.75. The van der Waals surface area contributed by atoms with Gasteiger partial charge in [-0.1, -0.05) is 23.7 Å². The maximum absolute atomic E-state index is 5.90. The first-order chi connectivity index (χ1) is 7.70. The van der Waals surface area contributed by atoms with Crippen molar-refractivity contribution in [2.75, 3.05) is 7.11 Å². The monoisotopic (exact) mass is 234 g/mol. The summed E-state index contributed by atoms with van der Waals surface area (Å²) < 4.78 is 5.28. The molecule has 2 rings (SSSR count). The predicted molar refractivity (Wildman–Crippen MR) is 63.8 cm³/mol. The number of para-hydroxylation sites is 1. The minimum atomic E-state index is 0.438. The molecule has 0 aliphatic carbocycles. The molecule has 0 aliphatic heterocycles. The summed E-state index contributed by atoms with van der Waals surface area (Å²) in [5.41, 5.74) is 1.69. The third-order valence-corrected chi connectivity index (χ3v) is 2.38.